The maximum Gasteiger partial charge on any atom is 0.104 e. The third-order valence-electron chi connectivity index (χ3n) is 2.73. The van der Waals surface area contributed by atoms with Crippen molar-refractivity contribution in [2.75, 3.05) is 11.9 Å². The van der Waals surface area contributed by atoms with E-state index in [4.69, 9.17) is 18.0 Å². The van der Waals surface area contributed by atoms with Crippen LogP contribution in [0.5, 0.6) is 0 Å². The Bertz CT molecular complexity index is 569. The van der Waals surface area contributed by atoms with Gasteiger partial charge in [0.2, 0.25) is 0 Å². The van der Waals surface area contributed by atoms with Crippen molar-refractivity contribution in [2.45, 2.75) is 12.8 Å². The summed E-state index contributed by atoms with van der Waals surface area (Å²) in [5, 5.41) is 6.54. The zero-order valence-corrected chi connectivity index (χ0v) is 13.6. The minimum Gasteiger partial charge on any atom is -0.389 e. The van der Waals surface area contributed by atoms with E-state index in [1.165, 1.54) is 0 Å². The van der Waals surface area contributed by atoms with E-state index in [9.17, 15) is 0 Å². The molecule has 0 saturated carbocycles. The van der Waals surface area contributed by atoms with Gasteiger partial charge in [-0.1, -0.05) is 19.1 Å². The van der Waals surface area contributed by atoms with Gasteiger partial charge in [0.05, 0.1) is 5.01 Å². The van der Waals surface area contributed by atoms with Crippen LogP contribution in [0.3, 0.4) is 0 Å². The molecular weight excluding hydrogens is 342 g/mol. The molecule has 1 heterocycles. The Hall–Kier alpha value is -0.980. The first-order valence-electron chi connectivity index (χ1n) is 5.80. The highest BCUT2D eigenvalue weighted by Gasteiger charge is 2.09. The molecule has 0 aliphatic heterocycles. The molecule has 6 heteroatoms. The standard InChI is InChI=1S/C13H14BrN3S2/c1-8(13-16-4-5-19-13)7-17-11-3-2-9(12(15)18)6-10(11)14/h2-6,8,17H,7H2,1H3,(H2,15,18). The molecule has 1 unspecified atom stereocenters. The second kappa shape index (κ2) is 6.45. The van der Waals surface area contributed by atoms with Crippen LogP contribution < -0.4 is 11.1 Å². The van der Waals surface area contributed by atoms with Crippen molar-refractivity contribution in [1.82, 2.24) is 4.98 Å². The monoisotopic (exact) mass is 355 g/mol. The van der Waals surface area contributed by atoms with Crippen molar-refractivity contribution >= 4 is 50.2 Å². The van der Waals surface area contributed by atoms with Crippen LogP contribution in [0.2, 0.25) is 0 Å². The summed E-state index contributed by atoms with van der Waals surface area (Å²) in [6.07, 6.45) is 1.84. The molecule has 1 aromatic heterocycles. The molecule has 0 fully saturated rings. The number of rotatable bonds is 5. The highest BCUT2D eigenvalue weighted by atomic mass is 79.9. The number of nitrogens with zero attached hydrogens (tertiary/aromatic N) is 1. The summed E-state index contributed by atoms with van der Waals surface area (Å²) in [6, 6.07) is 5.83. The molecule has 0 aliphatic rings. The van der Waals surface area contributed by atoms with Crippen LogP contribution in [0.1, 0.15) is 23.4 Å². The number of hydrogen-bond acceptors (Lipinski definition) is 4. The third kappa shape index (κ3) is 3.75. The quantitative estimate of drug-likeness (QED) is 0.801. The van der Waals surface area contributed by atoms with E-state index in [1.807, 2.05) is 29.8 Å². The van der Waals surface area contributed by atoms with Crippen LogP contribution in [0, 0.1) is 0 Å². The maximum absolute atomic E-state index is 5.60. The molecule has 0 aliphatic carbocycles. The summed E-state index contributed by atoms with van der Waals surface area (Å²) in [7, 11) is 0. The molecule has 2 aromatic rings. The fourth-order valence-electron chi connectivity index (χ4n) is 1.64. The number of halogens is 1. The average Bonchev–Trinajstić information content (AvgIpc) is 2.90. The Morgan fingerprint density at radius 2 is 2.37 bits per heavy atom. The van der Waals surface area contributed by atoms with E-state index >= 15 is 0 Å². The Balaban J connectivity index is 2.02. The van der Waals surface area contributed by atoms with Gasteiger partial charge in [0.25, 0.3) is 0 Å². The summed E-state index contributed by atoms with van der Waals surface area (Å²) < 4.78 is 0.962. The predicted molar refractivity (Wildman–Crippen MR) is 89.0 cm³/mol. The molecule has 1 aromatic carbocycles. The second-order valence-corrected chi connectivity index (χ2v) is 6.43. The van der Waals surface area contributed by atoms with Crippen molar-refractivity contribution in [3.8, 4) is 0 Å². The van der Waals surface area contributed by atoms with Crippen molar-refractivity contribution in [1.29, 1.82) is 0 Å². The average molecular weight is 356 g/mol. The number of nitrogens with one attached hydrogen (secondary N) is 1. The lowest BCUT2D eigenvalue weighted by molar-refractivity contribution is 0.794. The number of benzene rings is 1. The van der Waals surface area contributed by atoms with Gasteiger partial charge in [0.15, 0.2) is 0 Å². The minimum absolute atomic E-state index is 0.377. The van der Waals surface area contributed by atoms with Crippen LogP contribution in [0.4, 0.5) is 5.69 Å². The fraction of sp³-hybridized carbons (Fsp3) is 0.231. The molecule has 0 radical (unpaired) electrons. The van der Waals surface area contributed by atoms with Crippen LogP contribution in [0.15, 0.2) is 34.2 Å². The van der Waals surface area contributed by atoms with Crippen molar-refractivity contribution in [3.63, 3.8) is 0 Å². The van der Waals surface area contributed by atoms with Gasteiger partial charge in [-0.25, -0.2) is 4.98 Å². The topological polar surface area (TPSA) is 50.9 Å². The van der Waals surface area contributed by atoms with E-state index < -0.39 is 0 Å². The Morgan fingerprint density at radius 3 is 2.95 bits per heavy atom. The minimum atomic E-state index is 0.377. The number of nitrogens with two attached hydrogens (primary N) is 1. The van der Waals surface area contributed by atoms with Gasteiger partial charge >= 0.3 is 0 Å². The number of thiocarbonyl (C=S) groups is 1. The molecule has 100 valence electrons. The van der Waals surface area contributed by atoms with Crippen molar-refractivity contribution in [3.05, 3.63) is 44.8 Å². The third-order valence-corrected chi connectivity index (χ3v) is 4.62. The van der Waals surface area contributed by atoms with Gasteiger partial charge in [-0.15, -0.1) is 11.3 Å². The molecule has 0 spiro atoms. The van der Waals surface area contributed by atoms with Gasteiger partial charge in [-0.3, -0.25) is 0 Å². The number of aromatic nitrogens is 1. The lowest BCUT2D eigenvalue weighted by atomic mass is 10.1. The molecule has 1 atom stereocenters. The molecule has 19 heavy (non-hydrogen) atoms. The van der Waals surface area contributed by atoms with Crippen LogP contribution in [-0.4, -0.2) is 16.5 Å². The molecule has 3 nitrogen and oxygen atoms in total. The van der Waals surface area contributed by atoms with E-state index in [2.05, 4.69) is 33.2 Å². The summed E-state index contributed by atoms with van der Waals surface area (Å²) in [5.74, 6) is 0.377. The Kier molecular flexibility index (Phi) is 4.90. The number of hydrogen-bond donors (Lipinski definition) is 2. The van der Waals surface area contributed by atoms with Crippen molar-refractivity contribution < 1.29 is 0 Å². The lowest BCUT2D eigenvalue weighted by Gasteiger charge is -2.13. The van der Waals surface area contributed by atoms with E-state index in [1.54, 1.807) is 11.3 Å². The Morgan fingerprint density at radius 1 is 1.58 bits per heavy atom. The summed E-state index contributed by atoms with van der Waals surface area (Å²) in [6.45, 7) is 2.99. The zero-order chi connectivity index (χ0) is 13.8. The maximum atomic E-state index is 5.60. The van der Waals surface area contributed by atoms with E-state index in [0.717, 1.165) is 27.3 Å². The predicted octanol–water partition coefficient (Wildman–Crippen LogP) is 3.76. The van der Waals surface area contributed by atoms with Crippen LogP contribution in [0.25, 0.3) is 0 Å². The normalized spacial score (nSPS) is 12.1. The van der Waals surface area contributed by atoms with Gasteiger partial charge < -0.3 is 11.1 Å². The zero-order valence-electron chi connectivity index (χ0n) is 10.4. The molecular formula is C13H14BrN3S2. The van der Waals surface area contributed by atoms with E-state index in [-0.39, 0.29) is 0 Å². The summed E-state index contributed by atoms with van der Waals surface area (Å²) in [4.78, 5) is 4.73. The Labute approximate surface area is 130 Å². The molecule has 0 bridgehead atoms. The largest absolute Gasteiger partial charge is 0.389 e. The molecule has 0 saturated heterocycles. The molecule has 3 N–H and O–H groups in total. The first-order chi connectivity index (χ1) is 9.08. The first kappa shape index (κ1) is 14.4. The lowest BCUT2D eigenvalue weighted by Crippen LogP contribution is -2.12. The second-order valence-electron chi connectivity index (χ2n) is 4.21. The van der Waals surface area contributed by atoms with E-state index in [0.29, 0.717) is 10.9 Å². The molecule has 0 amide bonds. The smallest absolute Gasteiger partial charge is 0.104 e. The van der Waals surface area contributed by atoms with Gasteiger partial charge in [-0.2, -0.15) is 0 Å². The van der Waals surface area contributed by atoms with Gasteiger partial charge in [0, 0.05) is 39.8 Å². The van der Waals surface area contributed by atoms with Gasteiger partial charge in [0.1, 0.15) is 4.99 Å². The van der Waals surface area contributed by atoms with Crippen LogP contribution >= 0.6 is 39.5 Å². The number of anilines is 1. The SMILES string of the molecule is CC(CNc1ccc(C(N)=S)cc1Br)c1nccs1. The molecule has 2 rings (SSSR count). The van der Waals surface area contributed by atoms with Crippen molar-refractivity contribution in [2.24, 2.45) is 5.73 Å². The highest BCUT2D eigenvalue weighted by Crippen LogP contribution is 2.25. The fourth-order valence-corrected chi connectivity index (χ4v) is 2.98. The highest BCUT2D eigenvalue weighted by molar-refractivity contribution is 9.10. The number of thiazole rings is 1. The summed E-state index contributed by atoms with van der Waals surface area (Å²) >= 11 is 10.2. The first-order valence-corrected chi connectivity index (χ1v) is 7.88. The van der Waals surface area contributed by atoms with Gasteiger partial charge in [-0.05, 0) is 34.1 Å². The summed E-state index contributed by atoms with van der Waals surface area (Å²) in [5.41, 5.74) is 7.49. The van der Waals surface area contributed by atoms with Crippen LogP contribution in [-0.2, 0) is 0 Å².